The van der Waals surface area contributed by atoms with Crippen LogP contribution in [-0.2, 0) is 12.8 Å². The molecule has 2 aromatic rings. The maximum absolute atomic E-state index is 5.61. The van der Waals surface area contributed by atoms with Gasteiger partial charge in [0, 0.05) is 12.3 Å². The van der Waals surface area contributed by atoms with Crippen LogP contribution in [0.1, 0.15) is 23.8 Å². The number of nitrogens with zero attached hydrogens (tertiary/aromatic N) is 2. The van der Waals surface area contributed by atoms with E-state index in [1.165, 1.54) is 0 Å². The summed E-state index contributed by atoms with van der Waals surface area (Å²) in [6.07, 6.45) is 2.22. The molecule has 1 aromatic carbocycles. The third-order valence-electron chi connectivity index (χ3n) is 2.55. The Morgan fingerprint density at radius 1 is 1.17 bits per heavy atom. The minimum Gasteiger partial charge on any atom is -0.497 e. The van der Waals surface area contributed by atoms with Crippen LogP contribution in [0.2, 0.25) is 0 Å². The number of hydrogen-bond donors (Lipinski definition) is 0. The van der Waals surface area contributed by atoms with Crippen LogP contribution in [0.5, 0.6) is 5.75 Å². The molecule has 0 N–H and O–H groups in total. The molecule has 4 nitrogen and oxygen atoms in total. The Labute approximate surface area is 111 Å². The van der Waals surface area contributed by atoms with Crippen LogP contribution in [0.15, 0.2) is 28.7 Å². The average molecular weight is 267 g/mol. The Hall–Kier alpha value is -1.55. The largest absolute Gasteiger partial charge is 0.497 e. The number of methoxy groups -OCH3 is 1. The smallest absolute Gasteiger partial charge is 0.220 e. The average Bonchev–Trinajstić information content (AvgIpc) is 2.85. The number of benzene rings is 1. The predicted molar refractivity (Wildman–Crippen MR) is 69.1 cm³/mol. The molecule has 0 saturated carbocycles. The van der Waals surface area contributed by atoms with E-state index < -0.39 is 0 Å². The van der Waals surface area contributed by atoms with Gasteiger partial charge in [-0.3, -0.25) is 0 Å². The Kier molecular flexibility index (Phi) is 4.59. The number of rotatable bonds is 6. The number of aromatic nitrogens is 2. The van der Waals surface area contributed by atoms with Crippen LogP contribution in [-0.4, -0.2) is 23.2 Å². The van der Waals surface area contributed by atoms with Gasteiger partial charge in [0.1, 0.15) is 5.75 Å². The minimum atomic E-state index is 0.607. The maximum atomic E-state index is 5.61. The zero-order valence-corrected chi connectivity index (χ0v) is 11.0. The van der Waals surface area contributed by atoms with Crippen LogP contribution in [0.25, 0.3) is 0 Å². The molecule has 0 bridgehead atoms. The maximum Gasteiger partial charge on any atom is 0.220 e. The highest BCUT2D eigenvalue weighted by molar-refractivity contribution is 6.17. The molecule has 0 fully saturated rings. The quantitative estimate of drug-likeness (QED) is 0.755. The minimum absolute atomic E-state index is 0.607. The van der Waals surface area contributed by atoms with Crippen molar-refractivity contribution in [1.82, 2.24) is 10.2 Å². The van der Waals surface area contributed by atoms with E-state index in [2.05, 4.69) is 10.2 Å². The van der Waals surface area contributed by atoms with Crippen molar-refractivity contribution in [1.29, 1.82) is 0 Å². The second kappa shape index (κ2) is 6.40. The van der Waals surface area contributed by atoms with Crippen molar-refractivity contribution in [2.75, 3.05) is 13.0 Å². The first-order valence-corrected chi connectivity index (χ1v) is 6.35. The molecule has 0 aliphatic heterocycles. The Morgan fingerprint density at radius 2 is 1.89 bits per heavy atom. The van der Waals surface area contributed by atoms with Crippen molar-refractivity contribution in [2.24, 2.45) is 0 Å². The SMILES string of the molecule is COc1ccc(Cc2nnc(CCCCl)o2)cc1. The summed E-state index contributed by atoms with van der Waals surface area (Å²) >= 11 is 5.61. The van der Waals surface area contributed by atoms with E-state index in [0.29, 0.717) is 24.1 Å². The van der Waals surface area contributed by atoms with Gasteiger partial charge in [0.15, 0.2) is 0 Å². The topological polar surface area (TPSA) is 48.2 Å². The molecule has 18 heavy (non-hydrogen) atoms. The molecule has 1 heterocycles. The van der Waals surface area contributed by atoms with Gasteiger partial charge in [0.25, 0.3) is 0 Å². The highest BCUT2D eigenvalue weighted by atomic mass is 35.5. The highest BCUT2D eigenvalue weighted by Crippen LogP contribution is 2.14. The summed E-state index contributed by atoms with van der Waals surface area (Å²) in [5, 5.41) is 8.00. The first-order chi connectivity index (χ1) is 8.81. The third kappa shape index (κ3) is 3.47. The fourth-order valence-electron chi connectivity index (χ4n) is 1.60. The van der Waals surface area contributed by atoms with E-state index in [1.807, 2.05) is 24.3 Å². The molecule has 0 spiro atoms. The monoisotopic (exact) mass is 266 g/mol. The van der Waals surface area contributed by atoms with E-state index in [0.717, 1.165) is 24.2 Å². The van der Waals surface area contributed by atoms with Crippen molar-refractivity contribution in [3.63, 3.8) is 0 Å². The number of halogens is 1. The lowest BCUT2D eigenvalue weighted by Crippen LogP contribution is -1.89. The molecule has 0 unspecified atom stereocenters. The van der Waals surface area contributed by atoms with E-state index >= 15 is 0 Å². The van der Waals surface area contributed by atoms with Gasteiger partial charge in [-0.2, -0.15) is 0 Å². The second-order valence-corrected chi connectivity index (χ2v) is 4.28. The Bertz CT molecular complexity index is 482. The number of aryl methyl sites for hydroxylation is 1. The van der Waals surface area contributed by atoms with Gasteiger partial charge in [-0.15, -0.1) is 21.8 Å². The molecular weight excluding hydrogens is 252 g/mol. The van der Waals surface area contributed by atoms with E-state index in [4.69, 9.17) is 20.8 Å². The summed E-state index contributed by atoms with van der Waals surface area (Å²) < 4.78 is 10.6. The number of alkyl halides is 1. The summed E-state index contributed by atoms with van der Waals surface area (Å²) in [5.74, 6) is 2.73. The van der Waals surface area contributed by atoms with E-state index in [-0.39, 0.29) is 0 Å². The van der Waals surface area contributed by atoms with Crippen molar-refractivity contribution < 1.29 is 9.15 Å². The molecule has 0 saturated heterocycles. The summed E-state index contributed by atoms with van der Waals surface area (Å²) in [6.45, 7) is 0. The first-order valence-electron chi connectivity index (χ1n) is 5.82. The van der Waals surface area contributed by atoms with Gasteiger partial charge in [-0.1, -0.05) is 12.1 Å². The van der Waals surface area contributed by atoms with Gasteiger partial charge >= 0.3 is 0 Å². The summed E-state index contributed by atoms with van der Waals surface area (Å²) in [6, 6.07) is 7.81. The van der Waals surface area contributed by atoms with Crippen LogP contribution in [0.4, 0.5) is 0 Å². The second-order valence-electron chi connectivity index (χ2n) is 3.91. The van der Waals surface area contributed by atoms with Crippen molar-refractivity contribution in [3.8, 4) is 5.75 Å². The molecule has 2 rings (SSSR count). The first kappa shape index (κ1) is 12.9. The van der Waals surface area contributed by atoms with Gasteiger partial charge in [-0.25, -0.2) is 0 Å². The number of ether oxygens (including phenoxy) is 1. The van der Waals surface area contributed by atoms with Gasteiger partial charge in [0.2, 0.25) is 11.8 Å². The fourth-order valence-corrected chi connectivity index (χ4v) is 1.73. The van der Waals surface area contributed by atoms with Crippen molar-refractivity contribution in [3.05, 3.63) is 41.6 Å². The van der Waals surface area contributed by atoms with E-state index in [9.17, 15) is 0 Å². The molecular formula is C13H15ClN2O2. The zero-order chi connectivity index (χ0) is 12.8. The van der Waals surface area contributed by atoms with Gasteiger partial charge in [0.05, 0.1) is 13.5 Å². The summed E-state index contributed by atoms with van der Waals surface area (Å²) in [5.41, 5.74) is 1.11. The molecule has 5 heteroatoms. The zero-order valence-electron chi connectivity index (χ0n) is 10.2. The van der Waals surface area contributed by atoms with E-state index in [1.54, 1.807) is 7.11 Å². The molecule has 0 atom stereocenters. The Morgan fingerprint density at radius 3 is 2.56 bits per heavy atom. The highest BCUT2D eigenvalue weighted by Gasteiger charge is 2.06. The van der Waals surface area contributed by atoms with Crippen molar-refractivity contribution >= 4 is 11.6 Å². The molecule has 1 aromatic heterocycles. The lowest BCUT2D eigenvalue weighted by molar-refractivity contribution is 0.414. The summed E-state index contributed by atoms with van der Waals surface area (Å²) in [4.78, 5) is 0. The fraction of sp³-hybridized carbons (Fsp3) is 0.385. The molecule has 96 valence electrons. The van der Waals surface area contributed by atoms with Crippen LogP contribution >= 0.6 is 11.6 Å². The number of hydrogen-bond acceptors (Lipinski definition) is 4. The van der Waals surface area contributed by atoms with Gasteiger partial charge < -0.3 is 9.15 Å². The predicted octanol–water partition coefficient (Wildman–Crippen LogP) is 2.84. The summed E-state index contributed by atoms with van der Waals surface area (Å²) in [7, 11) is 1.65. The molecule has 0 amide bonds. The van der Waals surface area contributed by atoms with Crippen molar-refractivity contribution in [2.45, 2.75) is 19.3 Å². The van der Waals surface area contributed by atoms with Crippen LogP contribution < -0.4 is 4.74 Å². The Balaban J connectivity index is 1.97. The standard InChI is InChI=1S/C13H15ClN2O2/c1-17-11-6-4-10(5-7-11)9-13-16-15-12(18-13)3-2-8-14/h4-7H,2-3,8-9H2,1H3. The van der Waals surface area contributed by atoms with Gasteiger partial charge in [-0.05, 0) is 24.1 Å². The van der Waals surface area contributed by atoms with Crippen LogP contribution in [0, 0.1) is 0 Å². The molecule has 0 aliphatic rings. The lowest BCUT2D eigenvalue weighted by Gasteiger charge is -2.00. The lowest BCUT2D eigenvalue weighted by atomic mass is 10.1. The molecule has 0 radical (unpaired) electrons. The normalized spacial score (nSPS) is 10.6. The van der Waals surface area contributed by atoms with Crippen LogP contribution in [0.3, 0.4) is 0 Å². The molecule has 0 aliphatic carbocycles. The third-order valence-corrected chi connectivity index (χ3v) is 2.81.